The molecule has 0 aromatic carbocycles. The van der Waals surface area contributed by atoms with Crippen molar-refractivity contribution in [3.05, 3.63) is 0 Å². The molecule has 0 amide bonds. The van der Waals surface area contributed by atoms with E-state index in [1.54, 1.807) is 7.11 Å². The summed E-state index contributed by atoms with van der Waals surface area (Å²) in [5.41, 5.74) is 6.66. The molecule has 1 rings (SSSR count). The van der Waals surface area contributed by atoms with Gasteiger partial charge in [-0.1, -0.05) is 27.7 Å². The number of ether oxygens (including phenoxy) is 1. The Morgan fingerprint density at radius 1 is 1.38 bits per heavy atom. The minimum Gasteiger partial charge on any atom is -0.381 e. The molecule has 1 aliphatic carbocycles. The molecule has 13 heavy (non-hydrogen) atoms. The van der Waals surface area contributed by atoms with Crippen LogP contribution in [0.1, 0.15) is 40.5 Å². The maximum atomic E-state index is 6.19. The van der Waals surface area contributed by atoms with Crippen molar-refractivity contribution in [2.45, 2.75) is 52.7 Å². The largest absolute Gasteiger partial charge is 0.381 e. The van der Waals surface area contributed by atoms with E-state index >= 15 is 0 Å². The Labute approximate surface area is 81.8 Å². The van der Waals surface area contributed by atoms with Crippen molar-refractivity contribution in [3.63, 3.8) is 0 Å². The first-order chi connectivity index (χ1) is 5.81. The van der Waals surface area contributed by atoms with Crippen LogP contribution in [0.5, 0.6) is 0 Å². The molecule has 0 aliphatic heterocycles. The van der Waals surface area contributed by atoms with E-state index < -0.39 is 0 Å². The lowest BCUT2D eigenvalue weighted by molar-refractivity contribution is 0.0577. The molecule has 0 bridgehead atoms. The summed E-state index contributed by atoms with van der Waals surface area (Å²) in [6.45, 7) is 9.09. The Bertz CT molecular complexity index is 185. The predicted octanol–water partition coefficient (Wildman–Crippen LogP) is 2.17. The van der Waals surface area contributed by atoms with Crippen LogP contribution in [-0.4, -0.2) is 19.3 Å². The van der Waals surface area contributed by atoms with Crippen molar-refractivity contribution in [1.29, 1.82) is 0 Å². The zero-order valence-corrected chi connectivity index (χ0v) is 9.55. The fraction of sp³-hybridized carbons (Fsp3) is 1.00. The second-order valence-corrected chi connectivity index (χ2v) is 5.57. The van der Waals surface area contributed by atoms with Crippen LogP contribution in [0.2, 0.25) is 0 Å². The molecule has 0 heterocycles. The van der Waals surface area contributed by atoms with Crippen LogP contribution in [-0.2, 0) is 4.74 Å². The zero-order chi connectivity index (χ0) is 10.3. The van der Waals surface area contributed by atoms with Gasteiger partial charge in [-0.15, -0.1) is 0 Å². The lowest BCUT2D eigenvalue weighted by Gasteiger charge is -2.42. The third-order valence-electron chi connectivity index (χ3n) is 4.03. The smallest absolute Gasteiger partial charge is 0.0592 e. The van der Waals surface area contributed by atoms with E-state index in [-0.39, 0.29) is 16.9 Å². The second-order valence-electron chi connectivity index (χ2n) is 5.57. The molecule has 0 aromatic rings. The molecule has 2 N–H and O–H groups in total. The number of hydrogen-bond acceptors (Lipinski definition) is 2. The van der Waals surface area contributed by atoms with E-state index in [0.29, 0.717) is 6.10 Å². The molecule has 1 aliphatic rings. The lowest BCUT2D eigenvalue weighted by atomic mass is 9.65. The first kappa shape index (κ1) is 11.0. The van der Waals surface area contributed by atoms with E-state index in [1.165, 1.54) is 0 Å². The van der Waals surface area contributed by atoms with Crippen LogP contribution >= 0.6 is 0 Å². The van der Waals surface area contributed by atoms with Crippen molar-refractivity contribution in [2.75, 3.05) is 7.11 Å². The molecule has 0 aromatic heterocycles. The standard InChI is InChI=1S/C11H23NO/c1-10(2,3)11(4)7-8(13-5)6-9(11)12/h8-9H,6-7,12H2,1-5H3/t8?,9-,11?/m1/s1. The monoisotopic (exact) mass is 185 g/mol. The predicted molar refractivity (Wildman–Crippen MR) is 55.6 cm³/mol. The summed E-state index contributed by atoms with van der Waals surface area (Å²) in [4.78, 5) is 0. The van der Waals surface area contributed by atoms with Gasteiger partial charge in [0, 0.05) is 13.2 Å². The van der Waals surface area contributed by atoms with Gasteiger partial charge in [-0.3, -0.25) is 0 Å². The van der Waals surface area contributed by atoms with Crippen LogP contribution in [0.15, 0.2) is 0 Å². The topological polar surface area (TPSA) is 35.2 Å². The fourth-order valence-corrected chi connectivity index (χ4v) is 2.29. The molecule has 1 saturated carbocycles. The first-order valence-electron chi connectivity index (χ1n) is 5.09. The summed E-state index contributed by atoms with van der Waals surface area (Å²) in [7, 11) is 1.78. The maximum Gasteiger partial charge on any atom is 0.0592 e. The summed E-state index contributed by atoms with van der Waals surface area (Å²) in [5, 5.41) is 0. The van der Waals surface area contributed by atoms with Crippen molar-refractivity contribution in [2.24, 2.45) is 16.6 Å². The molecular formula is C11H23NO. The molecule has 0 spiro atoms. The summed E-state index contributed by atoms with van der Waals surface area (Å²) >= 11 is 0. The maximum absolute atomic E-state index is 6.19. The van der Waals surface area contributed by atoms with E-state index in [4.69, 9.17) is 10.5 Å². The fourth-order valence-electron chi connectivity index (χ4n) is 2.29. The third kappa shape index (κ3) is 1.75. The zero-order valence-electron chi connectivity index (χ0n) is 9.55. The van der Waals surface area contributed by atoms with E-state index in [9.17, 15) is 0 Å². The Morgan fingerprint density at radius 3 is 2.15 bits per heavy atom. The average molecular weight is 185 g/mol. The first-order valence-corrected chi connectivity index (χ1v) is 5.09. The van der Waals surface area contributed by atoms with E-state index in [2.05, 4.69) is 27.7 Å². The SMILES string of the molecule is COC1C[C@@H](N)C(C)(C(C)(C)C)C1. The normalized spacial score (nSPS) is 41.1. The van der Waals surface area contributed by atoms with Crippen molar-refractivity contribution in [3.8, 4) is 0 Å². The number of methoxy groups -OCH3 is 1. The molecule has 2 heteroatoms. The summed E-state index contributed by atoms with van der Waals surface area (Å²) in [6, 6.07) is 0.275. The number of nitrogens with two attached hydrogens (primary N) is 1. The van der Waals surface area contributed by atoms with Crippen molar-refractivity contribution in [1.82, 2.24) is 0 Å². The van der Waals surface area contributed by atoms with Gasteiger partial charge in [0.1, 0.15) is 0 Å². The Balaban J connectivity index is 2.81. The summed E-state index contributed by atoms with van der Waals surface area (Å²) in [5.74, 6) is 0. The molecule has 2 unspecified atom stereocenters. The molecule has 78 valence electrons. The minimum atomic E-state index is 0.216. The molecular weight excluding hydrogens is 162 g/mol. The highest BCUT2D eigenvalue weighted by molar-refractivity contribution is 5.02. The highest BCUT2D eigenvalue weighted by atomic mass is 16.5. The van der Waals surface area contributed by atoms with Gasteiger partial charge in [0.15, 0.2) is 0 Å². The molecule has 2 nitrogen and oxygen atoms in total. The minimum absolute atomic E-state index is 0.216. The van der Waals surface area contributed by atoms with E-state index in [0.717, 1.165) is 12.8 Å². The van der Waals surface area contributed by atoms with Crippen molar-refractivity contribution >= 4 is 0 Å². The molecule has 1 fully saturated rings. The Kier molecular flexibility index (Phi) is 2.75. The van der Waals surface area contributed by atoms with Crippen LogP contribution in [0, 0.1) is 10.8 Å². The van der Waals surface area contributed by atoms with Gasteiger partial charge in [-0.2, -0.15) is 0 Å². The van der Waals surface area contributed by atoms with Gasteiger partial charge in [-0.25, -0.2) is 0 Å². The Hall–Kier alpha value is -0.0800. The van der Waals surface area contributed by atoms with Crippen LogP contribution in [0.3, 0.4) is 0 Å². The lowest BCUT2D eigenvalue weighted by Crippen LogP contribution is -2.44. The summed E-state index contributed by atoms with van der Waals surface area (Å²) < 4.78 is 5.39. The van der Waals surface area contributed by atoms with Gasteiger partial charge >= 0.3 is 0 Å². The number of hydrogen-bond donors (Lipinski definition) is 1. The second kappa shape index (κ2) is 3.25. The highest BCUT2D eigenvalue weighted by Crippen LogP contribution is 2.50. The van der Waals surface area contributed by atoms with Gasteiger partial charge in [-0.05, 0) is 23.7 Å². The van der Waals surface area contributed by atoms with Gasteiger partial charge in [0.05, 0.1) is 6.10 Å². The Morgan fingerprint density at radius 2 is 1.92 bits per heavy atom. The van der Waals surface area contributed by atoms with Gasteiger partial charge in [0.25, 0.3) is 0 Å². The van der Waals surface area contributed by atoms with Crippen LogP contribution in [0.4, 0.5) is 0 Å². The van der Waals surface area contributed by atoms with E-state index in [1.807, 2.05) is 0 Å². The van der Waals surface area contributed by atoms with Gasteiger partial charge < -0.3 is 10.5 Å². The quantitative estimate of drug-likeness (QED) is 0.679. The molecule has 0 saturated heterocycles. The van der Waals surface area contributed by atoms with Crippen LogP contribution < -0.4 is 5.73 Å². The van der Waals surface area contributed by atoms with Gasteiger partial charge in [0.2, 0.25) is 0 Å². The van der Waals surface area contributed by atoms with Crippen LogP contribution in [0.25, 0.3) is 0 Å². The third-order valence-corrected chi connectivity index (χ3v) is 4.03. The van der Waals surface area contributed by atoms with Crippen molar-refractivity contribution < 1.29 is 4.74 Å². The number of rotatable bonds is 1. The highest BCUT2D eigenvalue weighted by Gasteiger charge is 2.49. The molecule has 3 atom stereocenters. The molecule has 0 radical (unpaired) electrons. The average Bonchev–Trinajstić information content (AvgIpc) is 2.28. The summed E-state index contributed by atoms with van der Waals surface area (Å²) in [6.07, 6.45) is 2.46.